The van der Waals surface area contributed by atoms with Crippen LogP contribution in [0.4, 0.5) is 0 Å². The Morgan fingerprint density at radius 2 is 2.31 bits per heavy atom. The third-order valence-electron chi connectivity index (χ3n) is 2.71. The average Bonchev–Trinajstić information content (AvgIpc) is 2.62. The van der Waals surface area contributed by atoms with Crippen LogP contribution < -0.4 is 16.2 Å². The van der Waals surface area contributed by atoms with Gasteiger partial charge in [0, 0.05) is 18.7 Å². The van der Waals surface area contributed by atoms with Gasteiger partial charge in [-0.1, -0.05) is 0 Å². The SMILES string of the molecule is COc1ccc2c(c1)[nH]c(=O)n2C(C)CN. The molecule has 1 aromatic carbocycles. The number of hydrogen-bond donors (Lipinski definition) is 2. The molecule has 16 heavy (non-hydrogen) atoms. The van der Waals surface area contributed by atoms with E-state index in [4.69, 9.17) is 10.5 Å². The van der Waals surface area contributed by atoms with Crippen LogP contribution in [0.2, 0.25) is 0 Å². The van der Waals surface area contributed by atoms with Crippen molar-refractivity contribution >= 4 is 11.0 Å². The number of nitrogens with one attached hydrogen (secondary N) is 1. The van der Waals surface area contributed by atoms with Crippen LogP contribution in [0.5, 0.6) is 5.75 Å². The van der Waals surface area contributed by atoms with Gasteiger partial charge in [0.1, 0.15) is 5.75 Å². The zero-order valence-electron chi connectivity index (χ0n) is 9.36. The van der Waals surface area contributed by atoms with Crippen molar-refractivity contribution in [3.63, 3.8) is 0 Å². The van der Waals surface area contributed by atoms with E-state index in [2.05, 4.69) is 4.98 Å². The Kier molecular flexibility index (Phi) is 2.70. The largest absolute Gasteiger partial charge is 0.497 e. The monoisotopic (exact) mass is 221 g/mol. The van der Waals surface area contributed by atoms with Crippen molar-refractivity contribution in [3.05, 3.63) is 28.7 Å². The lowest BCUT2D eigenvalue weighted by molar-refractivity contribution is 0.415. The summed E-state index contributed by atoms with van der Waals surface area (Å²) < 4.78 is 6.76. The van der Waals surface area contributed by atoms with Gasteiger partial charge in [0.2, 0.25) is 0 Å². The van der Waals surface area contributed by atoms with Gasteiger partial charge >= 0.3 is 5.69 Å². The Hall–Kier alpha value is -1.75. The summed E-state index contributed by atoms with van der Waals surface area (Å²) >= 11 is 0. The molecule has 0 saturated heterocycles. The Labute approximate surface area is 92.8 Å². The summed E-state index contributed by atoms with van der Waals surface area (Å²) in [7, 11) is 1.60. The fourth-order valence-electron chi connectivity index (χ4n) is 1.78. The number of hydrogen-bond acceptors (Lipinski definition) is 3. The topological polar surface area (TPSA) is 73.0 Å². The number of aromatic nitrogens is 2. The van der Waals surface area contributed by atoms with Gasteiger partial charge in [0.05, 0.1) is 18.1 Å². The van der Waals surface area contributed by atoms with Crippen LogP contribution in [-0.2, 0) is 0 Å². The van der Waals surface area contributed by atoms with Crippen molar-refractivity contribution in [1.29, 1.82) is 0 Å². The molecule has 2 rings (SSSR count). The molecule has 3 N–H and O–H groups in total. The second-order valence-corrected chi connectivity index (χ2v) is 3.77. The molecule has 1 heterocycles. The Morgan fingerprint density at radius 3 is 2.94 bits per heavy atom. The van der Waals surface area contributed by atoms with Crippen LogP contribution in [0.15, 0.2) is 23.0 Å². The summed E-state index contributed by atoms with van der Waals surface area (Å²) in [5.74, 6) is 0.723. The highest BCUT2D eigenvalue weighted by molar-refractivity contribution is 5.77. The van der Waals surface area contributed by atoms with Crippen molar-refractivity contribution in [2.24, 2.45) is 5.73 Å². The van der Waals surface area contributed by atoms with Crippen LogP contribution in [0.1, 0.15) is 13.0 Å². The summed E-state index contributed by atoms with van der Waals surface area (Å²) in [5, 5.41) is 0. The maximum atomic E-state index is 11.7. The predicted octanol–water partition coefficient (Wildman–Crippen LogP) is 0.858. The third kappa shape index (κ3) is 1.59. The minimum atomic E-state index is -0.138. The van der Waals surface area contributed by atoms with Crippen molar-refractivity contribution in [2.45, 2.75) is 13.0 Å². The van der Waals surface area contributed by atoms with Gasteiger partial charge in [-0.05, 0) is 19.1 Å². The van der Waals surface area contributed by atoms with E-state index in [0.29, 0.717) is 6.54 Å². The van der Waals surface area contributed by atoms with E-state index in [1.54, 1.807) is 17.7 Å². The van der Waals surface area contributed by atoms with Crippen LogP contribution in [-0.4, -0.2) is 23.2 Å². The number of methoxy groups -OCH3 is 1. The molecular weight excluding hydrogens is 206 g/mol. The van der Waals surface area contributed by atoms with Gasteiger partial charge in [0.25, 0.3) is 0 Å². The summed E-state index contributed by atoms with van der Waals surface area (Å²) in [4.78, 5) is 14.5. The molecule has 5 heteroatoms. The average molecular weight is 221 g/mol. The van der Waals surface area contributed by atoms with Gasteiger partial charge in [-0.3, -0.25) is 4.57 Å². The zero-order chi connectivity index (χ0) is 11.7. The van der Waals surface area contributed by atoms with E-state index >= 15 is 0 Å². The summed E-state index contributed by atoms with van der Waals surface area (Å²) in [6.07, 6.45) is 0. The van der Waals surface area contributed by atoms with Gasteiger partial charge in [-0.25, -0.2) is 4.79 Å². The molecular formula is C11H15N3O2. The van der Waals surface area contributed by atoms with Crippen LogP contribution in [0.25, 0.3) is 11.0 Å². The van der Waals surface area contributed by atoms with Crippen LogP contribution in [0, 0.1) is 0 Å². The number of ether oxygens (including phenoxy) is 1. The molecule has 0 amide bonds. The van der Waals surface area contributed by atoms with Crippen LogP contribution in [0.3, 0.4) is 0 Å². The first kappa shape index (κ1) is 10.8. The fourth-order valence-corrected chi connectivity index (χ4v) is 1.78. The molecule has 0 radical (unpaired) electrons. The zero-order valence-corrected chi connectivity index (χ0v) is 9.36. The minimum absolute atomic E-state index is 0.0188. The maximum Gasteiger partial charge on any atom is 0.326 e. The number of rotatable bonds is 3. The molecule has 0 aliphatic rings. The lowest BCUT2D eigenvalue weighted by atomic mass is 10.2. The maximum absolute atomic E-state index is 11.7. The predicted molar refractivity (Wildman–Crippen MR) is 62.9 cm³/mol. The lowest BCUT2D eigenvalue weighted by Gasteiger charge is -2.10. The number of nitrogens with two attached hydrogens (primary N) is 1. The second-order valence-electron chi connectivity index (χ2n) is 3.77. The van der Waals surface area contributed by atoms with E-state index in [9.17, 15) is 4.79 Å². The number of benzene rings is 1. The van der Waals surface area contributed by atoms with Crippen molar-refractivity contribution in [3.8, 4) is 5.75 Å². The third-order valence-corrected chi connectivity index (χ3v) is 2.71. The van der Waals surface area contributed by atoms with Gasteiger partial charge in [-0.2, -0.15) is 0 Å². The van der Waals surface area contributed by atoms with E-state index in [-0.39, 0.29) is 11.7 Å². The molecule has 0 aliphatic carbocycles. The van der Waals surface area contributed by atoms with Crippen molar-refractivity contribution in [2.75, 3.05) is 13.7 Å². The van der Waals surface area contributed by atoms with E-state index < -0.39 is 0 Å². The van der Waals surface area contributed by atoms with Crippen molar-refractivity contribution in [1.82, 2.24) is 9.55 Å². The minimum Gasteiger partial charge on any atom is -0.497 e. The lowest BCUT2D eigenvalue weighted by Crippen LogP contribution is -2.25. The number of H-pyrrole nitrogens is 1. The molecule has 1 atom stereocenters. The number of aromatic amines is 1. The molecule has 0 fully saturated rings. The van der Waals surface area contributed by atoms with E-state index in [0.717, 1.165) is 16.8 Å². The number of fused-ring (bicyclic) bond motifs is 1. The highest BCUT2D eigenvalue weighted by Gasteiger charge is 2.11. The quantitative estimate of drug-likeness (QED) is 0.807. The Bertz CT molecular complexity index is 556. The fraction of sp³-hybridized carbons (Fsp3) is 0.364. The van der Waals surface area contributed by atoms with Gasteiger partial charge in [0.15, 0.2) is 0 Å². The highest BCUT2D eigenvalue weighted by atomic mass is 16.5. The molecule has 5 nitrogen and oxygen atoms in total. The number of nitrogens with zero attached hydrogens (tertiary/aromatic N) is 1. The van der Waals surface area contributed by atoms with E-state index in [1.807, 2.05) is 19.1 Å². The molecule has 0 aliphatic heterocycles. The van der Waals surface area contributed by atoms with Gasteiger partial charge < -0.3 is 15.5 Å². The summed E-state index contributed by atoms with van der Waals surface area (Å²) in [6.45, 7) is 2.35. The molecule has 0 saturated carbocycles. The molecule has 86 valence electrons. The molecule has 0 bridgehead atoms. The molecule has 1 unspecified atom stereocenters. The first-order valence-electron chi connectivity index (χ1n) is 5.15. The van der Waals surface area contributed by atoms with Crippen molar-refractivity contribution < 1.29 is 4.74 Å². The van der Waals surface area contributed by atoms with E-state index in [1.165, 1.54) is 0 Å². The first-order valence-corrected chi connectivity index (χ1v) is 5.15. The molecule has 2 aromatic rings. The summed E-state index contributed by atoms with van der Waals surface area (Å²) in [6, 6.07) is 5.47. The smallest absolute Gasteiger partial charge is 0.326 e. The standard InChI is InChI=1S/C11H15N3O2/c1-7(6-12)14-10-4-3-8(16-2)5-9(10)13-11(14)15/h3-5,7H,6,12H2,1-2H3,(H,13,15). The molecule has 0 spiro atoms. The van der Waals surface area contributed by atoms with Crippen LogP contribution >= 0.6 is 0 Å². The molecule has 1 aromatic heterocycles. The summed E-state index contributed by atoms with van der Waals surface area (Å²) in [5.41, 5.74) is 7.06. The first-order chi connectivity index (χ1) is 7.67. The second kappa shape index (κ2) is 4.02. The normalized spacial score (nSPS) is 12.9. The van der Waals surface area contributed by atoms with Gasteiger partial charge in [-0.15, -0.1) is 0 Å². The Balaban J connectivity index is 2.67. The number of imidazole rings is 1. The Morgan fingerprint density at radius 1 is 1.56 bits per heavy atom. The highest BCUT2D eigenvalue weighted by Crippen LogP contribution is 2.19.